The molecule has 1 N–H and O–H groups in total. The molecule has 124 valence electrons. The number of carbonyl (C=O) groups excluding carboxylic acids is 1. The smallest absolute Gasteiger partial charge is 0.410 e. The minimum absolute atomic E-state index is 0.132. The number of aliphatic hydroxyl groups is 1. The van der Waals surface area contributed by atoms with E-state index >= 15 is 0 Å². The lowest BCUT2D eigenvalue weighted by Gasteiger charge is -2.37. The minimum Gasteiger partial charge on any atom is -0.444 e. The third-order valence-electron chi connectivity index (χ3n) is 3.73. The molecule has 5 nitrogen and oxygen atoms in total. The molecule has 0 aliphatic carbocycles. The van der Waals surface area contributed by atoms with Gasteiger partial charge in [0, 0.05) is 25.7 Å². The second-order valence-electron chi connectivity index (χ2n) is 7.26. The van der Waals surface area contributed by atoms with Gasteiger partial charge in [-0.05, 0) is 59.9 Å². The van der Waals surface area contributed by atoms with Gasteiger partial charge in [-0.15, -0.1) is 0 Å². The summed E-state index contributed by atoms with van der Waals surface area (Å²) in [6.07, 6.45) is 2.04. The van der Waals surface area contributed by atoms with Gasteiger partial charge in [-0.2, -0.15) is 0 Å². The van der Waals surface area contributed by atoms with Gasteiger partial charge < -0.3 is 19.6 Å². The Hall–Kier alpha value is -0.810. The monoisotopic (exact) mass is 300 g/mol. The molecule has 0 aromatic heterocycles. The van der Waals surface area contributed by atoms with Crippen LogP contribution in [0.1, 0.15) is 47.5 Å². The van der Waals surface area contributed by atoms with Crippen molar-refractivity contribution in [2.24, 2.45) is 5.92 Å². The van der Waals surface area contributed by atoms with Crippen LogP contribution in [-0.2, 0) is 4.74 Å². The Labute approximate surface area is 129 Å². The fourth-order valence-electron chi connectivity index (χ4n) is 2.74. The van der Waals surface area contributed by atoms with Gasteiger partial charge >= 0.3 is 6.09 Å². The molecule has 0 aromatic carbocycles. The van der Waals surface area contributed by atoms with E-state index in [0.717, 1.165) is 39.0 Å². The molecule has 1 aliphatic rings. The number of aliphatic hydroxyl groups excluding tert-OH is 1. The number of piperidine rings is 1. The van der Waals surface area contributed by atoms with E-state index in [1.807, 2.05) is 39.5 Å². The lowest BCUT2D eigenvalue weighted by Crippen LogP contribution is -2.47. The van der Waals surface area contributed by atoms with E-state index in [2.05, 4.69) is 4.90 Å². The Kier molecular flexibility index (Phi) is 6.94. The second-order valence-corrected chi connectivity index (χ2v) is 7.26. The SMILES string of the molecule is CC(C)N(C[C@@H]1CCCN(CCO)C1)C(=O)OC(C)(C)C. The molecule has 0 unspecified atom stereocenters. The van der Waals surface area contributed by atoms with E-state index in [-0.39, 0.29) is 18.7 Å². The number of hydrogen-bond acceptors (Lipinski definition) is 4. The molecule has 1 atom stereocenters. The van der Waals surface area contributed by atoms with Gasteiger partial charge in [-0.1, -0.05) is 0 Å². The van der Waals surface area contributed by atoms with Crippen molar-refractivity contribution in [3.63, 3.8) is 0 Å². The summed E-state index contributed by atoms with van der Waals surface area (Å²) in [5.74, 6) is 0.459. The molecule has 0 bridgehead atoms. The molecule has 5 heteroatoms. The molecule has 1 heterocycles. The van der Waals surface area contributed by atoms with E-state index in [1.54, 1.807) is 0 Å². The molecule has 0 aromatic rings. The quantitative estimate of drug-likeness (QED) is 0.847. The summed E-state index contributed by atoms with van der Waals surface area (Å²) in [6.45, 7) is 13.4. The van der Waals surface area contributed by atoms with Crippen molar-refractivity contribution >= 4 is 6.09 Å². The van der Waals surface area contributed by atoms with Gasteiger partial charge in [-0.3, -0.25) is 0 Å². The van der Waals surface area contributed by atoms with Gasteiger partial charge in [0.1, 0.15) is 5.60 Å². The van der Waals surface area contributed by atoms with E-state index < -0.39 is 5.60 Å². The number of nitrogens with zero attached hydrogens (tertiary/aromatic N) is 2. The number of likely N-dealkylation sites (tertiary alicyclic amines) is 1. The molecule has 1 aliphatic heterocycles. The predicted molar refractivity (Wildman–Crippen MR) is 84.3 cm³/mol. The Morgan fingerprint density at radius 3 is 2.62 bits per heavy atom. The molecular weight excluding hydrogens is 268 g/mol. The maximum atomic E-state index is 12.3. The van der Waals surface area contributed by atoms with Crippen molar-refractivity contribution in [2.45, 2.75) is 59.1 Å². The molecular formula is C16H32N2O3. The van der Waals surface area contributed by atoms with Crippen molar-refractivity contribution < 1.29 is 14.6 Å². The van der Waals surface area contributed by atoms with Crippen molar-refractivity contribution in [2.75, 3.05) is 32.8 Å². The molecule has 1 rings (SSSR count). The van der Waals surface area contributed by atoms with Crippen LogP contribution in [0.4, 0.5) is 4.79 Å². The zero-order valence-corrected chi connectivity index (χ0v) is 14.3. The van der Waals surface area contributed by atoms with Crippen LogP contribution >= 0.6 is 0 Å². The predicted octanol–water partition coefficient (Wildman–Crippen LogP) is 2.34. The third kappa shape index (κ3) is 6.66. The average Bonchev–Trinajstić information content (AvgIpc) is 2.34. The van der Waals surface area contributed by atoms with Crippen LogP contribution in [0.3, 0.4) is 0 Å². The zero-order chi connectivity index (χ0) is 16.0. The highest BCUT2D eigenvalue weighted by molar-refractivity contribution is 5.68. The fraction of sp³-hybridized carbons (Fsp3) is 0.938. The summed E-state index contributed by atoms with van der Waals surface area (Å²) in [6, 6.07) is 0.132. The Balaban J connectivity index is 2.59. The number of carbonyl (C=O) groups is 1. The van der Waals surface area contributed by atoms with Crippen molar-refractivity contribution in [3.8, 4) is 0 Å². The van der Waals surface area contributed by atoms with Crippen molar-refractivity contribution in [3.05, 3.63) is 0 Å². The van der Waals surface area contributed by atoms with Gasteiger partial charge in [0.2, 0.25) is 0 Å². The number of rotatable bonds is 5. The summed E-state index contributed by atoms with van der Waals surface area (Å²) >= 11 is 0. The second kappa shape index (κ2) is 7.99. The molecule has 1 fully saturated rings. The lowest BCUT2D eigenvalue weighted by atomic mass is 9.97. The molecule has 0 spiro atoms. The van der Waals surface area contributed by atoms with Gasteiger partial charge in [-0.25, -0.2) is 4.79 Å². The zero-order valence-electron chi connectivity index (χ0n) is 14.3. The first-order valence-electron chi connectivity index (χ1n) is 8.05. The standard InChI is InChI=1S/C16H32N2O3/c1-13(2)18(15(20)21-16(3,4)5)12-14-7-6-8-17(11-14)9-10-19/h13-14,19H,6-12H2,1-5H3/t14-/m1/s1. The number of ether oxygens (including phenoxy) is 1. The molecule has 1 saturated heterocycles. The highest BCUT2D eigenvalue weighted by Crippen LogP contribution is 2.20. The average molecular weight is 300 g/mol. The lowest BCUT2D eigenvalue weighted by molar-refractivity contribution is 0.0116. The van der Waals surface area contributed by atoms with Gasteiger partial charge in [0.15, 0.2) is 0 Å². The van der Waals surface area contributed by atoms with Crippen LogP contribution < -0.4 is 0 Å². The Morgan fingerprint density at radius 1 is 1.43 bits per heavy atom. The maximum absolute atomic E-state index is 12.3. The van der Waals surface area contributed by atoms with Crippen LogP contribution in [0.25, 0.3) is 0 Å². The first kappa shape index (κ1) is 18.2. The molecule has 1 amide bonds. The topological polar surface area (TPSA) is 53.0 Å². The first-order valence-corrected chi connectivity index (χ1v) is 8.05. The van der Waals surface area contributed by atoms with Crippen LogP contribution in [0.15, 0.2) is 0 Å². The van der Waals surface area contributed by atoms with Crippen molar-refractivity contribution in [1.82, 2.24) is 9.80 Å². The van der Waals surface area contributed by atoms with Crippen LogP contribution in [0, 0.1) is 5.92 Å². The van der Waals surface area contributed by atoms with Crippen LogP contribution in [0.2, 0.25) is 0 Å². The number of amides is 1. The largest absolute Gasteiger partial charge is 0.444 e. The third-order valence-corrected chi connectivity index (χ3v) is 3.73. The van der Waals surface area contributed by atoms with Crippen LogP contribution in [-0.4, -0.2) is 65.4 Å². The molecule has 0 saturated carbocycles. The van der Waals surface area contributed by atoms with E-state index in [0.29, 0.717) is 5.92 Å². The molecule has 21 heavy (non-hydrogen) atoms. The van der Waals surface area contributed by atoms with Crippen LogP contribution in [0.5, 0.6) is 0 Å². The summed E-state index contributed by atoms with van der Waals surface area (Å²) in [5, 5.41) is 9.06. The number of hydrogen-bond donors (Lipinski definition) is 1. The van der Waals surface area contributed by atoms with E-state index in [1.165, 1.54) is 0 Å². The molecule has 0 radical (unpaired) electrons. The highest BCUT2D eigenvalue weighted by Gasteiger charge is 2.28. The number of β-amino-alcohol motifs (C(OH)–C–C–N with tert-alkyl or cyclic N) is 1. The fourth-order valence-corrected chi connectivity index (χ4v) is 2.74. The first-order chi connectivity index (χ1) is 9.73. The highest BCUT2D eigenvalue weighted by atomic mass is 16.6. The van der Waals surface area contributed by atoms with Gasteiger partial charge in [0.25, 0.3) is 0 Å². The maximum Gasteiger partial charge on any atom is 0.410 e. The van der Waals surface area contributed by atoms with E-state index in [9.17, 15) is 4.79 Å². The normalized spacial score (nSPS) is 20.6. The summed E-state index contributed by atoms with van der Waals surface area (Å²) in [7, 11) is 0. The minimum atomic E-state index is -0.459. The summed E-state index contributed by atoms with van der Waals surface area (Å²) in [4.78, 5) is 16.4. The van der Waals surface area contributed by atoms with Crippen molar-refractivity contribution in [1.29, 1.82) is 0 Å². The van der Waals surface area contributed by atoms with Gasteiger partial charge in [0.05, 0.1) is 6.61 Å². The summed E-state index contributed by atoms with van der Waals surface area (Å²) in [5.41, 5.74) is -0.459. The Morgan fingerprint density at radius 2 is 2.10 bits per heavy atom. The van der Waals surface area contributed by atoms with E-state index in [4.69, 9.17) is 9.84 Å². The summed E-state index contributed by atoms with van der Waals surface area (Å²) < 4.78 is 5.51. The Bertz CT molecular complexity index is 324.